The van der Waals surface area contributed by atoms with E-state index in [1.165, 1.54) is 12.3 Å². The van der Waals surface area contributed by atoms with E-state index in [4.69, 9.17) is 5.73 Å². The van der Waals surface area contributed by atoms with Crippen molar-refractivity contribution in [1.29, 1.82) is 0 Å². The molecule has 8 nitrogen and oxygen atoms in total. The van der Waals surface area contributed by atoms with Crippen molar-refractivity contribution in [2.75, 3.05) is 0 Å². The van der Waals surface area contributed by atoms with Crippen LogP contribution >= 0.6 is 0 Å². The van der Waals surface area contributed by atoms with Crippen LogP contribution < -0.4 is 11.1 Å². The number of alkyl halides is 4. The molecule has 15 heteroatoms. The van der Waals surface area contributed by atoms with E-state index in [-0.39, 0.29) is 40.8 Å². The van der Waals surface area contributed by atoms with Crippen LogP contribution in [0.2, 0.25) is 0 Å². The highest BCUT2D eigenvalue weighted by Crippen LogP contribution is 2.68. The highest BCUT2D eigenvalue weighted by atomic mass is 19.3. The van der Waals surface area contributed by atoms with Gasteiger partial charge in [-0.15, -0.1) is 0 Å². The lowest BCUT2D eigenvalue weighted by atomic mass is 9.95. The Bertz CT molecular complexity index is 1790. The number of nitrogens with two attached hydrogens (primary N) is 1. The predicted molar refractivity (Wildman–Crippen MR) is 139 cm³/mol. The van der Waals surface area contributed by atoms with E-state index in [0.29, 0.717) is 10.7 Å². The van der Waals surface area contributed by atoms with Crippen LogP contribution in [0.3, 0.4) is 0 Å². The number of rotatable bonds is 9. The number of carbonyl (C=O) groups excluding carboxylic acids is 2. The summed E-state index contributed by atoms with van der Waals surface area (Å²) in [4.78, 5) is 33.2. The van der Waals surface area contributed by atoms with Gasteiger partial charge in [-0.05, 0) is 54.2 Å². The summed E-state index contributed by atoms with van der Waals surface area (Å²) in [5.74, 6) is -10.1. The maximum atomic E-state index is 15.0. The van der Waals surface area contributed by atoms with Crippen LogP contribution in [0, 0.1) is 23.4 Å². The quantitative estimate of drug-likeness (QED) is 0.253. The van der Waals surface area contributed by atoms with Crippen molar-refractivity contribution in [2.24, 2.45) is 11.7 Å². The highest BCUT2D eigenvalue weighted by molar-refractivity contribution is 5.94. The summed E-state index contributed by atoms with van der Waals surface area (Å²) in [6.45, 7) is -0.874. The van der Waals surface area contributed by atoms with E-state index >= 15 is 8.78 Å². The molecule has 2 amide bonds. The van der Waals surface area contributed by atoms with Gasteiger partial charge in [0.15, 0.2) is 0 Å². The first-order valence-corrected chi connectivity index (χ1v) is 13.3. The van der Waals surface area contributed by atoms with Crippen LogP contribution in [0.1, 0.15) is 63.4 Å². The van der Waals surface area contributed by atoms with Crippen molar-refractivity contribution in [3.63, 3.8) is 0 Å². The molecule has 0 saturated heterocycles. The molecule has 2 aliphatic carbocycles. The van der Waals surface area contributed by atoms with Gasteiger partial charge in [-0.1, -0.05) is 6.07 Å². The molecule has 4 aromatic rings. The second-order valence-corrected chi connectivity index (χ2v) is 10.7. The molecule has 3 atom stereocenters. The number of fused-ring (bicyclic) bond motifs is 3. The van der Waals surface area contributed by atoms with E-state index in [1.807, 2.05) is 0 Å². The molecule has 0 radical (unpaired) electrons. The minimum Gasteiger partial charge on any atom is -0.366 e. The largest absolute Gasteiger partial charge is 0.366 e. The van der Waals surface area contributed by atoms with Gasteiger partial charge in [-0.25, -0.2) is 31.9 Å². The Morgan fingerprint density at radius 3 is 2.48 bits per heavy atom. The van der Waals surface area contributed by atoms with Crippen LogP contribution in [0.15, 0.2) is 48.9 Å². The fourth-order valence-corrected chi connectivity index (χ4v) is 5.85. The molecule has 1 fully saturated rings. The number of benzene rings is 2. The first-order valence-electron chi connectivity index (χ1n) is 13.3. The van der Waals surface area contributed by atoms with Crippen LogP contribution in [0.5, 0.6) is 0 Å². The van der Waals surface area contributed by atoms with Crippen LogP contribution in [-0.4, -0.2) is 31.6 Å². The topological polar surface area (TPSA) is 116 Å². The van der Waals surface area contributed by atoms with Crippen LogP contribution in [0.4, 0.5) is 30.7 Å². The number of hydrogen-bond donors (Lipinski definition) is 2. The third kappa shape index (κ3) is 5.15. The molecule has 1 saturated carbocycles. The number of primary amides is 1. The summed E-state index contributed by atoms with van der Waals surface area (Å²) in [7, 11) is 0. The van der Waals surface area contributed by atoms with Crippen molar-refractivity contribution in [1.82, 2.24) is 25.1 Å². The average Bonchev–Trinajstić information content (AvgIpc) is 3.61. The zero-order valence-electron chi connectivity index (χ0n) is 22.4. The zero-order chi connectivity index (χ0) is 31.5. The Kier molecular flexibility index (Phi) is 7.13. The Balaban J connectivity index is 1.37. The summed E-state index contributed by atoms with van der Waals surface area (Å²) in [6, 6.07) is 4.84. The van der Waals surface area contributed by atoms with Gasteiger partial charge in [0.2, 0.25) is 5.91 Å². The molecule has 6 rings (SSSR count). The fourth-order valence-electron chi connectivity index (χ4n) is 5.85. The molecule has 2 aliphatic rings. The fraction of sp³-hybridized carbons (Fsp3) is 0.276. The molecule has 2 aromatic heterocycles. The van der Waals surface area contributed by atoms with Gasteiger partial charge in [0.1, 0.15) is 41.7 Å². The molecule has 0 aliphatic heterocycles. The molecule has 2 heterocycles. The summed E-state index contributed by atoms with van der Waals surface area (Å²) >= 11 is 0. The van der Waals surface area contributed by atoms with E-state index in [2.05, 4.69) is 20.4 Å². The number of amides is 2. The van der Waals surface area contributed by atoms with E-state index < -0.39 is 83.0 Å². The summed E-state index contributed by atoms with van der Waals surface area (Å²) in [5.41, 5.74) is 3.53. The third-order valence-electron chi connectivity index (χ3n) is 7.77. The first-order chi connectivity index (χ1) is 20.8. The lowest BCUT2D eigenvalue weighted by Crippen LogP contribution is -2.35. The number of nitrogens with zero attached hydrogens (tertiary/aromatic N) is 4. The number of aromatic nitrogens is 4. The maximum Gasteiger partial charge on any atom is 0.293 e. The maximum absolute atomic E-state index is 15.0. The van der Waals surface area contributed by atoms with Gasteiger partial charge in [-0.2, -0.15) is 13.9 Å². The number of carbonyl (C=O) groups is 2. The smallest absolute Gasteiger partial charge is 0.293 e. The van der Waals surface area contributed by atoms with E-state index in [0.717, 1.165) is 30.6 Å². The van der Waals surface area contributed by atoms with Gasteiger partial charge in [0.25, 0.3) is 18.3 Å². The number of nitrogens with one attached hydrogen (secondary N) is 1. The first kappa shape index (κ1) is 29.3. The van der Waals surface area contributed by atoms with Crippen molar-refractivity contribution in [2.45, 2.75) is 43.7 Å². The van der Waals surface area contributed by atoms with Crippen molar-refractivity contribution in [3.05, 3.63) is 100 Å². The van der Waals surface area contributed by atoms with E-state index in [1.54, 1.807) is 0 Å². The van der Waals surface area contributed by atoms with Crippen LogP contribution in [-0.2, 0) is 23.7 Å². The van der Waals surface area contributed by atoms with Crippen molar-refractivity contribution < 1.29 is 40.3 Å². The normalized spacial score (nSPS) is 18.5. The molecule has 228 valence electrons. The Labute approximate surface area is 244 Å². The van der Waals surface area contributed by atoms with Crippen LogP contribution in [0.25, 0.3) is 11.1 Å². The summed E-state index contributed by atoms with van der Waals surface area (Å²) in [6.07, 6.45) is -0.989. The predicted octanol–water partition coefficient (Wildman–Crippen LogP) is 5.10. The highest BCUT2D eigenvalue weighted by Gasteiger charge is 2.67. The molecule has 2 aromatic carbocycles. The van der Waals surface area contributed by atoms with Gasteiger partial charge in [0.05, 0.1) is 17.3 Å². The molecular formula is C29H21F7N6O2. The molecule has 0 bridgehead atoms. The van der Waals surface area contributed by atoms with E-state index in [9.17, 15) is 31.5 Å². The second-order valence-electron chi connectivity index (χ2n) is 10.7. The monoisotopic (exact) mass is 618 g/mol. The SMILES string of the molecule is NC(=O)c1cc(-c2cncnc2C(Cc2cc(F)cc(F)c2)NC(=O)Cn2nc(C(F)F)c3c2C(F)(F)C2CC32)ccc1F. The molecule has 3 unspecified atom stereocenters. The average molecular weight is 619 g/mol. The third-order valence-corrected chi connectivity index (χ3v) is 7.77. The standard InChI is InChI=1S/C29H21F7N6O2/c30-14-3-12(4-15(31)7-14)5-21(24-18(9-38-11-39-24)13-1-2-20(32)17(6-13)28(37)44)40-22(43)10-42-26-23(25(41-42)27(33)34)16-8-19(16)29(26,35)36/h1-4,6-7,9,11,16,19,21,27H,5,8,10H2,(H2,37,44)(H,40,43). The Hall–Kier alpha value is -4.82. The molecule has 0 spiro atoms. The van der Waals surface area contributed by atoms with Crippen molar-refractivity contribution in [3.8, 4) is 11.1 Å². The van der Waals surface area contributed by atoms with Gasteiger partial charge in [-0.3, -0.25) is 14.3 Å². The lowest BCUT2D eigenvalue weighted by molar-refractivity contribution is -0.123. The Morgan fingerprint density at radius 2 is 1.80 bits per heavy atom. The number of hydrogen-bond acceptors (Lipinski definition) is 5. The zero-order valence-corrected chi connectivity index (χ0v) is 22.4. The minimum atomic E-state index is -3.46. The minimum absolute atomic E-state index is 0.0429. The summed E-state index contributed by atoms with van der Waals surface area (Å²) < 4.78 is 100. The second kappa shape index (κ2) is 10.7. The molecule has 44 heavy (non-hydrogen) atoms. The number of halogens is 7. The van der Waals surface area contributed by atoms with Gasteiger partial charge >= 0.3 is 0 Å². The lowest BCUT2D eigenvalue weighted by Gasteiger charge is -2.22. The van der Waals surface area contributed by atoms with Crippen molar-refractivity contribution >= 4 is 11.8 Å². The molecular weight excluding hydrogens is 597 g/mol. The van der Waals surface area contributed by atoms with Gasteiger partial charge in [0, 0.05) is 29.3 Å². The molecule has 3 N–H and O–H groups in total. The van der Waals surface area contributed by atoms with Gasteiger partial charge < -0.3 is 11.1 Å². The Morgan fingerprint density at radius 1 is 1.07 bits per heavy atom. The summed E-state index contributed by atoms with van der Waals surface area (Å²) in [5, 5.41) is 6.23.